The average Bonchev–Trinajstić information content (AvgIpc) is 2.49. The van der Waals surface area contributed by atoms with Crippen LogP contribution in [0.5, 0.6) is 5.75 Å². The summed E-state index contributed by atoms with van der Waals surface area (Å²) in [5.74, 6) is 0.398. The Bertz CT molecular complexity index is 564. The molecule has 120 valence electrons. The first-order valence-electron chi connectivity index (χ1n) is 7.06. The van der Waals surface area contributed by atoms with Gasteiger partial charge in [0.2, 0.25) is 5.91 Å². The first kappa shape index (κ1) is 16.1. The van der Waals surface area contributed by atoms with Crippen LogP contribution in [0.1, 0.15) is 24.3 Å². The summed E-state index contributed by atoms with van der Waals surface area (Å²) >= 11 is 0. The van der Waals surface area contributed by atoms with Gasteiger partial charge in [-0.2, -0.15) is 0 Å². The van der Waals surface area contributed by atoms with Gasteiger partial charge in [0.1, 0.15) is 12.4 Å². The third-order valence-corrected chi connectivity index (χ3v) is 3.81. The number of methoxy groups -OCH3 is 1. The van der Waals surface area contributed by atoms with Gasteiger partial charge in [-0.15, -0.1) is 0 Å². The molecule has 0 aliphatic carbocycles. The molecule has 0 radical (unpaired) electrons. The Morgan fingerprint density at radius 2 is 2.32 bits per heavy atom. The zero-order valence-electron chi connectivity index (χ0n) is 12.3. The van der Waals surface area contributed by atoms with Crippen molar-refractivity contribution in [3.63, 3.8) is 0 Å². The lowest BCUT2D eigenvalue weighted by molar-refractivity contribution is -0.134. The first-order chi connectivity index (χ1) is 10.5. The Labute approximate surface area is 127 Å². The first-order valence-corrected chi connectivity index (χ1v) is 7.06. The van der Waals surface area contributed by atoms with E-state index in [9.17, 15) is 14.0 Å². The van der Waals surface area contributed by atoms with Gasteiger partial charge in [-0.3, -0.25) is 10.1 Å². The summed E-state index contributed by atoms with van der Waals surface area (Å²) in [4.78, 5) is 24.2. The SMILES string of the molecule is COc1cc(C2CCN(CCF)C(=O)C2)ccc1NC(=O)O. The maximum absolute atomic E-state index is 12.4. The highest BCUT2D eigenvalue weighted by atomic mass is 19.1. The molecule has 0 saturated carbocycles. The second-order valence-corrected chi connectivity index (χ2v) is 5.15. The fourth-order valence-electron chi connectivity index (χ4n) is 2.68. The number of nitrogens with one attached hydrogen (secondary N) is 1. The third kappa shape index (κ3) is 3.66. The molecule has 1 heterocycles. The van der Waals surface area contributed by atoms with Gasteiger partial charge in [-0.05, 0) is 30.0 Å². The largest absolute Gasteiger partial charge is 0.495 e. The van der Waals surface area contributed by atoms with Gasteiger partial charge in [0.15, 0.2) is 0 Å². The van der Waals surface area contributed by atoms with Gasteiger partial charge in [-0.1, -0.05) is 6.07 Å². The van der Waals surface area contributed by atoms with Crippen LogP contribution in [0.2, 0.25) is 0 Å². The van der Waals surface area contributed by atoms with Gasteiger partial charge in [0.05, 0.1) is 12.8 Å². The number of rotatable bonds is 5. The molecule has 1 atom stereocenters. The number of likely N-dealkylation sites (tertiary alicyclic amines) is 1. The second-order valence-electron chi connectivity index (χ2n) is 5.15. The third-order valence-electron chi connectivity index (χ3n) is 3.81. The van der Waals surface area contributed by atoms with Crippen molar-refractivity contribution in [3.05, 3.63) is 23.8 Å². The zero-order chi connectivity index (χ0) is 16.1. The van der Waals surface area contributed by atoms with E-state index in [0.29, 0.717) is 24.4 Å². The number of amides is 2. The molecular weight excluding hydrogens is 291 g/mol. The van der Waals surface area contributed by atoms with Crippen molar-refractivity contribution >= 4 is 17.7 Å². The lowest BCUT2D eigenvalue weighted by Crippen LogP contribution is -2.39. The van der Waals surface area contributed by atoms with Gasteiger partial charge in [0, 0.05) is 19.5 Å². The van der Waals surface area contributed by atoms with Crippen LogP contribution in [0.15, 0.2) is 18.2 Å². The van der Waals surface area contributed by atoms with Crippen molar-refractivity contribution in [1.29, 1.82) is 0 Å². The Kier molecular flexibility index (Phi) is 5.19. The number of halogens is 1. The molecule has 22 heavy (non-hydrogen) atoms. The lowest BCUT2D eigenvalue weighted by atomic mass is 9.88. The zero-order valence-corrected chi connectivity index (χ0v) is 12.3. The minimum Gasteiger partial charge on any atom is -0.495 e. The van der Waals surface area contributed by atoms with Crippen LogP contribution >= 0.6 is 0 Å². The Hall–Kier alpha value is -2.31. The topological polar surface area (TPSA) is 78.9 Å². The van der Waals surface area contributed by atoms with Crippen molar-refractivity contribution in [2.75, 3.05) is 32.2 Å². The normalized spacial score (nSPS) is 18.2. The molecule has 0 bridgehead atoms. The molecule has 1 aliphatic heterocycles. The van der Waals surface area contributed by atoms with E-state index < -0.39 is 12.8 Å². The quantitative estimate of drug-likeness (QED) is 0.875. The molecule has 2 N–H and O–H groups in total. The molecule has 7 heteroatoms. The van der Waals surface area contributed by atoms with E-state index in [4.69, 9.17) is 9.84 Å². The molecule has 1 aliphatic rings. The maximum atomic E-state index is 12.4. The molecule has 0 aromatic heterocycles. The number of alkyl halides is 1. The maximum Gasteiger partial charge on any atom is 0.409 e. The van der Waals surface area contributed by atoms with Crippen molar-refractivity contribution in [1.82, 2.24) is 4.90 Å². The minimum atomic E-state index is -1.17. The van der Waals surface area contributed by atoms with Gasteiger partial charge in [0.25, 0.3) is 0 Å². The van der Waals surface area contributed by atoms with E-state index in [1.54, 1.807) is 18.2 Å². The molecule has 2 rings (SSSR count). The Morgan fingerprint density at radius 1 is 1.55 bits per heavy atom. The molecule has 1 unspecified atom stereocenters. The van der Waals surface area contributed by atoms with Crippen LogP contribution in [0.3, 0.4) is 0 Å². The van der Waals surface area contributed by atoms with E-state index in [0.717, 1.165) is 12.0 Å². The van der Waals surface area contributed by atoms with Crippen molar-refractivity contribution in [3.8, 4) is 5.75 Å². The number of ether oxygens (including phenoxy) is 1. The van der Waals surface area contributed by atoms with Crippen LogP contribution in [-0.4, -0.2) is 48.9 Å². The highest BCUT2D eigenvalue weighted by molar-refractivity contribution is 5.85. The summed E-state index contributed by atoms with van der Waals surface area (Å²) in [6.45, 7) is 0.154. The summed E-state index contributed by atoms with van der Waals surface area (Å²) < 4.78 is 17.5. The summed E-state index contributed by atoms with van der Waals surface area (Å²) in [6.07, 6.45) is -0.0871. The fourth-order valence-corrected chi connectivity index (χ4v) is 2.68. The number of carboxylic acid groups (broad SMARTS) is 1. The molecule has 1 saturated heterocycles. The van der Waals surface area contributed by atoms with Gasteiger partial charge < -0.3 is 14.7 Å². The molecule has 1 fully saturated rings. The Morgan fingerprint density at radius 3 is 2.91 bits per heavy atom. The molecule has 2 amide bonds. The lowest BCUT2D eigenvalue weighted by Gasteiger charge is -2.31. The number of nitrogens with zero attached hydrogens (tertiary/aromatic N) is 1. The second kappa shape index (κ2) is 7.11. The Balaban J connectivity index is 2.13. The number of benzene rings is 1. The van der Waals surface area contributed by atoms with Gasteiger partial charge >= 0.3 is 6.09 Å². The highest BCUT2D eigenvalue weighted by Crippen LogP contribution is 2.34. The van der Waals surface area contributed by atoms with Crippen molar-refractivity contribution in [2.24, 2.45) is 0 Å². The van der Waals surface area contributed by atoms with Crippen LogP contribution in [0.25, 0.3) is 0 Å². The van der Waals surface area contributed by atoms with Crippen LogP contribution < -0.4 is 10.1 Å². The number of piperidine rings is 1. The van der Waals surface area contributed by atoms with Crippen LogP contribution in [0.4, 0.5) is 14.9 Å². The number of anilines is 1. The predicted octanol–water partition coefficient (Wildman–Crippen LogP) is 2.46. The monoisotopic (exact) mass is 310 g/mol. The fraction of sp³-hybridized carbons (Fsp3) is 0.467. The van der Waals surface area contributed by atoms with Crippen molar-refractivity contribution < 1.29 is 23.8 Å². The van der Waals surface area contributed by atoms with E-state index in [1.807, 2.05) is 0 Å². The highest BCUT2D eigenvalue weighted by Gasteiger charge is 2.27. The van der Waals surface area contributed by atoms with E-state index in [2.05, 4.69) is 5.32 Å². The van der Waals surface area contributed by atoms with E-state index >= 15 is 0 Å². The standard InChI is InChI=1S/C15H19FN2O4/c1-22-13-8-10(2-3-12(13)17-15(20)21)11-4-6-18(7-5-16)14(19)9-11/h2-3,8,11,17H,4-7,9H2,1H3,(H,20,21). The predicted molar refractivity (Wildman–Crippen MR) is 79.2 cm³/mol. The van der Waals surface area contributed by atoms with Crippen LogP contribution in [0, 0.1) is 0 Å². The molecular formula is C15H19FN2O4. The minimum absolute atomic E-state index is 0.0381. The summed E-state index contributed by atoms with van der Waals surface area (Å²) in [5, 5.41) is 11.0. The smallest absolute Gasteiger partial charge is 0.409 e. The number of hydrogen-bond acceptors (Lipinski definition) is 3. The van der Waals surface area contributed by atoms with E-state index in [1.165, 1.54) is 12.0 Å². The summed E-state index contributed by atoms with van der Waals surface area (Å²) in [7, 11) is 1.46. The van der Waals surface area contributed by atoms with Crippen molar-refractivity contribution in [2.45, 2.75) is 18.8 Å². The molecule has 6 nitrogen and oxygen atoms in total. The number of hydrogen-bond donors (Lipinski definition) is 2. The molecule has 1 aromatic carbocycles. The number of carbonyl (C=O) groups is 2. The van der Waals surface area contributed by atoms with E-state index in [-0.39, 0.29) is 18.4 Å². The molecule has 0 spiro atoms. The average molecular weight is 310 g/mol. The summed E-state index contributed by atoms with van der Waals surface area (Å²) in [5.41, 5.74) is 1.28. The van der Waals surface area contributed by atoms with Crippen LogP contribution in [-0.2, 0) is 4.79 Å². The summed E-state index contributed by atoms with van der Waals surface area (Å²) in [6, 6.07) is 5.16. The van der Waals surface area contributed by atoms with Gasteiger partial charge in [-0.25, -0.2) is 9.18 Å². The molecule has 1 aromatic rings. The number of carbonyl (C=O) groups excluding carboxylic acids is 1.